The summed E-state index contributed by atoms with van der Waals surface area (Å²) >= 11 is 5.73. The van der Waals surface area contributed by atoms with Crippen LogP contribution in [0.3, 0.4) is 0 Å². The molecule has 3 rings (SSSR count). The average molecular weight is 412 g/mol. The van der Waals surface area contributed by atoms with Gasteiger partial charge < -0.3 is 10.6 Å². The molecule has 27 heavy (non-hydrogen) atoms. The molecular formula is C16H15ClFN5O3S. The minimum atomic E-state index is -3.74. The number of halogens is 2. The van der Waals surface area contributed by atoms with E-state index >= 15 is 0 Å². The third kappa shape index (κ3) is 4.01. The largest absolute Gasteiger partial charge is 0.348 e. The van der Waals surface area contributed by atoms with Gasteiger partial charge in [-0.1, -0.05) is 11.6 Å². The van der Waals surface area contributed by atoms with Crippen molar-refractivity contribution in [3.63, 3.8) is 0 Å². The first-order valence-corrected chi connectivity index (χ1v) is 9.70. The van der Waals surface area contributed by atoms with Crippen LogP contribution in [0.4, 0.5) is 10.1 Å². The number of anilines is 1. The number of carbonyl (C=O) groups excluding carboxylic acids is 1. The maximum atomic E-state index is 14.3. The number of carbonyl (C=O) groups is 1. The molecule has 0 bridgehead atoms. The van der Waals surface area contributed by atoms with E-state index in [0.717, 1.165) is 10.4 Å². The molecule has 3 N–H and O–H groups in total. The summed E-state index contributed by atoms with van der Waals surface area (Å²) < 4.78 is 39.3. The molecule has 1 saturated heterocycles. The average Bonchev–Trinajstić information content (AvgIpc) is 2.61. The highest BCUT2D eigenvalue weighted by molar-refractivity contribution is 7.89. The first-order chi connectivity index (χ1) is 12.7. The van der Waals surface area contributed by atoms with Crippen LogP contribution in [-0.4, -0.2) is 42.4 Å². The number of hydrogen-bond donors (Lipinski definition) is 3. The number of amides is 1. The van der Waals surface area contributed by atoms with Gasteiger partial charge in [0.1, 0.15) is 11.5 Å². The Bertz CT molecular complexity index is 1010. The van der Waals surface area contributed by atoms with Crippen LogP contribution in [-0.2, 0) is 10.0 Å². The zero-order valence-corrected chi connectivity index (χ0v) is 15.6. The van der Waals surface area contributed by atoms with Gasteiger partial charge in [-0.2, -0.15) is 0 Å². The molecule has 1 aromatic heterocycles. The van der Waals surface area contributed by atoms with E-state index < -0.39 is 33.5 Å². The lowest BCUT2D eigenvalue weighted by Gasteiger charge is -2.32. The van der Waals surface area contributed by atoms with E-state index in [9.17, 15) is 17.6 Å². The SMILES string of the molecule is CN1C(=N)NC(c2cc(NC(=O)c3ccc(Cl)cn3)ccc2F)CS1(=O)=O. The molecule has 2 aromatic rings. The molecule has 1 aliphatic heterocycles. The van der Waals surface area contributed by atoms with Gasteiger partial charge in [0.2, 0.25) is 16.0 Å². The summed E-state index contributed by atoms with van der Waals surface area (Å²) in [5.41, 5.74) is 0.406. The molecule has 1 unspecified atom stereocenters. The van der Waals surface area contributed by atoms with Crippen LogP contribution in [0.1, 0.15) is 22.1 Å². The number of sulfonamides is 1. The van der Waals surface area contributed by atoms with Gasteiger partial charge in [-0.05, 0) is 30.3 Å². The summed E-state index contributed by atoms with van der Waals surface area (Å²) in [5.74, 6) is -1.95. The zero-order chi connectivity index (χ0) is 19.8. The van der Waals surface area contributed by atoms with Gasteiger partial charge in [0.15, 0.2) is 0 Å². The Balaban J connectivity index is 1.85. The van der Waals surface area contributed by atoms with Crippen LogP contribution in [0.2, 0.25) is 5.02 Å². The van der Waals surface area contributed by atoms with E-state index in [2.05, 4.69) is 15.6 Å². The lowest BCUT2D eigenvalue weighted by Crippen LogP contribution is -2.52. The number of benzene rings is 1. The molecule has 1 aromatic carbocycles. The van der Waals surface area contributed by atoms with Crippen molar-refractivity contribution in [2.45, 2.75) is 6.04 Å². The Labute approximate surface area is 159 Å². The van der Waals surface area contributed by atoms with Gasteiger partial charge in [-0.25, -0.2) is 22.1 Å². The summed E-state index contributed by atoms with van der Waals surface area (Å²) in [6.07, 6.45) is 1.32. The molecule has 0 saturated carbocycles. The van der Waals surface area contributed by atoms with Crippen LogP contribution < -0.4 is 10.6 Å². The molecule has 0 aliphatic carbocycles. The van der Waals surface area contributed by atoms with Crippen LogP contribution in [0.5, 0.6) is 0 Å². The minimum Gasteiger partial charge on any atom is -0.348 e. The summed E-state index contributed by atoms with van der Waals surface area (Å²) in [7, 11) is -2.49. The number of nitrogens with zero attached hydrogens (tertiary/aromatic N) is 2. The molecular weight excluding hydrogens is 397 g/mol. The van der Waals surface area contributed by atoms with E-state index in [-0.39, 0.29) is 22.9 Å². The molecule has 1 fully saturated rings. The Kier molecular flexibility index (Phi) is 5.03. The first-order valence-electron chi connectivity index (χ1n) is 7.71. The second-order valence-electron chi connectivity index (χ2n) is 5.84. The highest BCUT2D eigenvalue weighted by atomic mass is 35.5. The summed E-state index contributed by atoms with van der Waals surface area (Å²) in [4.78, 5) is 16.1. The van der Waals surface area contributed by atoms with E-state index in [1.54, 1.807) is 0 Å². The first kappa shape index (κ1) is 19.1. The number of rotatable bonds is 3. The number of aromatic nitrogens is 1. The lowest BCUT2D eigenvalue weighted by atomic mass is 10.1. The highest BCUT2D eigenvalue weighted by Gasteiger charge is 2.34. The third-order valence-electron chi connectivity index (χ3n) is 4.01. The van der Waals surface area contributed by atoms with E-state index in [1.807, 2.05) is 0 Å². The van der Waals surface area contributed by atoms with Crippen molar-refractivity contribution in [1.29, 1.82) is 5.41 Å². The van der Waals surface area contributed by atoms with Gasteiger partial charge >= 0.3 is 0 Å². The molecule has 1 amide bonds. The van der Waals surface area contributed by atoms with Crippen LogP contribution in [0, 0.1) is 11.2 Å². The van der Waals surface area contributed by atoms with Gasteiger partial charge in [0.05, 0.1) is 16.8 Å². The normalized spacial score (nSPS) is 18.7. The Morgan fingerprint density at radius 2 is 2.15 bits per heavy atom. The van der Waals surface area contributed by atoms with E-state index in [4.69, 9.17) is 17.0 Å². The van der Waals surface area contributed by atoms with Gasteiger partial charge in [0, 0.05) is 24.5 Å². The Morgan fingerprint density at radius 3 is 2.78 bits per heavy atom. The molecule has 1 aliphatic rings. The molecule has 0 spiro atoms. The van der Waals surface area contributed by atoms with Crippen molar-refractivity contribution >= 4 is 39.2 Å². The Hall–Kier alpha value is -2.72. The fourth-order valence-corrected chi connectivity index (χ4v) is 3.87. The number of pyridine rings is 1. The monoisotopic (exact) mass is 411 g/mol. The zero-order valence-electron chi connectivity index (χ0n) is 14.0. The van der Waals surface area contributed by atoms with Crippen molar-refractivity contribution in [3.05, 3.63) is 58.6 Å². The number of nitrogens with one attached hydrogen (secondary N) is 3. The molecule has 11 heteroatoms. The van der Waals surface area contributed by atoms with Crippen molar-refractivity contribution < 1.29 is 17.6 Å². The maximum Gasteiger partial charge on any atom is 0.274 e. The van der Waals surface area contributed by atoms with Gasteiger partial charge in [-0.3, -0.25) is 10.2 Å². The maximum absolute atomic E-state index is 14.3. The fraction of sp³-hybridized carbons (Fsp3) is 0.188. The molecule has 2 heterocycles. The molecule has 0 radical (unpaired) electrons. The van der Waals surface area contributed by atoms with E-state index in [1.165, 1.54) is 37.5 Å². The number of hydrogen-bond acceptors (Lipinski definition) is 5. The fourth-order valence-electron chi connectivity index (χ4n) is 2.52. The van der Waals surface area contributed by atoms with Crippen molar-refractivity contribution in [2.75, 3.05) is 18.1 Å². The molecule has 8 nitrogen and oxygen atoms in total. The van der Waals surface area contributed by atoms with Crippen molar-refractivity contribution in [3.8, 4) is 0 Å². The smallest absolute Gasteiger partial charge is 0.274 e. The molecule has 1 atom stereocenters. The predicted molar refractivity (Wildman–Crippen MR) is 98.8 cm³/mol. The second kappa shape index (κ2) is 7.12. The lowest BCUT2D eigenvalue weighted by molar-refractivity contribution is 0.102. The Morgan fingerprint density at radius 1 is 1.41 bits per heavy atom. The topological polar surface area (TPSA) is 115 Å². The van der Waals surface area contributed by atoms with Crippen LogP contribution >= 0.6 is 11.6 Å². The third-order valence-corrected chi connectivity index (χ3v) is 6.00. The second-order valence-corrected chi connectivity index (χ2v) is 8.32. The standard InChI is InChI=1S/C16H15ClFN5O3S/c1-23-16(19)22-14(8-27(23,25)26)11-6-10(3-4-12(11)18)21-15(24)13-5-2-9(17)7-20-13/h2-7,14H,8H2,1H3,(H2,19,22)(H,21,24). The van der Waals surface area contributed by atoms with Gasteiger partial charge in [-0.15, -0.1) is 0 Å². The van der Waals surface area contributed by atoms with Crippen LogP contribution in [0.25, 0.3) is 0 Å². The number of guanidine groups is 1. The predicted octanol–water partition coefficient (Wildman–Crippen LogP) is 1.97. The van der Waals surface area contributed by atoms with Crippen molar-refractivity contribution in [2.24, 2.45) is 0 Å². The molecule has 142 valence electrons. The van der Waals surface area contributed by atoms with E-state index in [0.29, 0.717) is 5.02 Å². The summed E-state index contributed by atoms with van der Waals surface area (Å²) in [6.45, 7) is 0. The summed E-state index contributed by atoms with van der Waals surface area (Å²) in [6, 6.07) is 5.80. The quantitative estimate of drug-likeness (QED) is 0.714. The van der Waals surface area contributed by atoms with Gasteiger partial charge in [0.25, 0.3) is 5.91 Å². The summed E-state index contributed by atoms with van der Waals surface area (Å²) in [5, 5.41) is 13.3. The minimum absolute atomic E-state index is 0.0262. The van der Waals surface area contributed by atoms with Crippen LogP contribution in [0.15, 0.2) is 36.5 Å². The van der Waals surface area contributed by atoms with Crippen molar-refractivity contribution in [1.82, 2.24) is 14.6 Å². The highest BCUT2D eigenvalue weighted by Crippen LogP contribution is 2.26.